The van der Waals surface area contributed by atoms with E-state index in [1.807, 2.05) is 0 Å². The number of nitrogens with zero attached hydrogens (tertiary/aromatic N) is 2. The van der Waals surface area contributed by atoms with Gasteiger partial charge in [0.05, 0.1) is 6.10 Å². The molecule has 0 spiro atoms. The van der Waals surface area contributed by atoms with Crippen LogP contribution in [0.5, 0.6) is 0 Å². The van der Waals surface area contributed by atoms with Gasteiger partial charge in [0.1, 0.15) is 10.3 Å². The minimum absolute atomic E-state index is 0.136. The highest BCUT2D eigenvalue weighted by molar-refractivity contribution is 6.33. The molecule has 1 fully saturated rings. The average molecular weight is 289 g/mol. The van der Waals surface area contributed by atoms with E-state index in [4.69, 9.17) is 23.2 Å². The number of amides is 1. The van der Waals surface area contributed by atoms with Gasteiger partial charge in [-0.25, -0.2) is 4.98 Å². The lowest BCUT2D eigenvalue weighted by atomic mass is 9.82. The number of hydrogen-bond acceptors (Lipinski definition) is 3. The number of halogens is 2. The van der Waals surface area contributed by atoms with Crippen molar-refractivity contribution in [3.63, 3.8) is 0 Å². The maximum absolute atomic E-state index is 12.1. The fraction of sp³-hybridized carbons (Fsp3) is 0.500. The number of aromatic nitrogens is 1. The van der Waals surface area contributed by atoms with Gasteiger partial charge in [0.25, 0.3) is 5.91 Å². The Morgan fingerprint density at radius 3 is 2.50 bits per heavy atom. The van der Waals surface area contributed by atoms with Crippen LogP contribution in [0.15, 0.2) is 12.1 Å². The Morgan fingerprint density at radius 1 is 1.44 bits per heavy atom. The van der Waals surface area contributed by atoms with Crippen LogP contribution < -0.4 is 0 Å². The van der Waals surface area contributed by atoms with Crippen LogP contribution in [0.3, 0.4) is 0 Å². The van der Waals surface area contributed by atoms with E-state index in [2.05, 4.69) is 4.98 Å². The van der Waals surface area contributed by atoms with Gasteiger partial charge in [-0.3, -0.25) is 4.79 Å². The second kappa shape index (κ2) is 5.43. The first-order chi connectivity index (χ1) is 8.45. The van der Waals surface area contributed by atoms with Crippen LogP contribution >= 0.6 is 23.2 Å². The van der Waals surface area contributed by atoms with E-state index in [1.54, 1.807) is 11.9 Å². The second-order valence-corrected chi connectivity index (χ2v) is 5.45. The summed E-state index contributed by atoms with van der Waals surface area (Å²) in [4.78, 5) is 17.5. The first-order valence-corrected chi connectivity index (χ1v) is 6.48. The van der Waals surface area contributed by atoms with E-state index in [0.717, 1.165) is 12.8 Å². The third-order valence-corrected chi connectivity index (χ3v) is 3.49. The Kier molecular flexibility index (Phi) is 4.10. The minimum Gasteiger partial charge on any atom is -0.393 e. The van der Waals surface area contributed by atoms with E-state index in [0.29, 0.717) is 18.0 Å². The van der Waals surface area contributed by atoms with Crippen molar-refractivity contribution in [1.29, 1.82) is 0 Å². The van der Waals surface area contributed by atoms with Crippen molar-refractivity contribution in [2.24, 2.45) is 5.92 Å². The molecule has 0 atom stereocenters. The second-order valence-electron chi connectivity index (χ2n) is 4.68. The fourth-order valence-corrected chi connectivity index (χ4v) is 2.59. The zero-order valence-corrected chi connectivity index (χ0v) is 11.4. The Morgan fingerprint density at radius 2 is 2.00 bits per heavy atom. The molecule has 0 aliphatic heterocycles. The quantitative estimate of drug-likeness (QED) is 0.868. The number of aliphatic hydroxyl groups is 1. The van der Waals surface area contributed by atoms with Crippen molar-refractivity contribution in [2.75, 3.05) is 13.6 Å². The highest BCUT2D eigenvalue weighted by atomic mass is 35.5. The molecule has 4 nitrogen and oxygen atoms in total. The van der Waals surface area contributed by atoms with Crippen molar-refractivity contribution in [1.82, 2.24) is 9.88 Å². The minimum atomic E-state index is -0.205. The first kappa shape index (κ1) is 13.6. The molecule has 1 aromatic heterocycles. The molecule has 98 valence electrons. The molecule has 1 aliphatic rings. The summed E-state index contributed by atoms with van der Waals surface area (Å²) in [5.41, 5.74) is 0.433. The lowest BCUT2D eigenvalue weighted by Gasteiger charge is -2.34. The normalized spacial score (nSPS) is 22.4. The first-order valence-electron chi connectivity index (χ1n) is 5.72. The summed E-state index contributed by atoms with van der Waals surface area (Å²) >= 11 is 11.5. The van der Waals surface area contributed by atoms with E-state index in [9.17, 15) is 9.90 Å². The summed E-state index contributed by atoms with van der Waals surface area (Å²) < 4.78 is 0. The Balaban J connectivity index is 2.01. The predicted octanol–water partition coefficient (Wildman–Crippen LogP) is 2.23. The van der Waals surface area contributed by atoms with Crippen LogP contribution in [-0.2, 0) is 0 Å². The van der Waals surface area contributed by atoms with Gasteiger partial charge in [-0.05, 0) is 30.9 Å². The maximum atomic E-state index is 12.1. The lowest BCUT2D eigenvalue weighted by Crippen LogP contribution is -2.39. The number of rotatable bonds is 3. The van der Waals surface area contributed by atoms with E-state index >= 15 is 0 Å². The molecule has 0 bridgehead atoms. The van der Waals surface area contributed by atoms with Crippen molar-refractivity contribution in [3.8, 4) is 0 Å². The summed E-state index contributed by atoms with van der Waals surface area (Å²) in [5, 5.41) is 9.63. The molecule has 1 amide bonds. The van der Waals surface area contributed by atoms with Gasteiger partial charge < -0.3 is 10.0 Å². The molecular weight excluding hydrogens is 275 g/mol. The van der Waals surface area contributed by atoms with Crippen LogP contribution in [0.2, 0.25) is 10.3 Å². The average Bonchev–Trinajstić information content (AvgIpc) is 2.24. The SMILES string of the molecule is CN(CC1CC(O)C1)C(=O)c1cc(Cl)nc(Cl)c1. The number of pyridine rings is 1. The summed E-state index contributed by atoms with van der Waals surface area (Å²) in [6.45, 7) is 0.632. The summed E-state index contributed by atoms with van der Waals surface area (Å²) in [7, 11) is 1.73. The molecule has 18 heavy (non-hydrogen) atoms. The molecule has 1 saturated carbocycles. The predicted molar refractivity (Wildman–Crippen MR) is 69.9 cm³/mol. The van der Waals surface area contributed by atoms with Crippen LogP contribution in [0.1, 0.15) is 23.2 Å². The molecule has 0 aromatic carbocycles. The smallest absolute Gasteiger partial charge is 0.253 e. The van der Waals surface area contributed by atoms with Crippen LogP contribution in [0, 0.1) is 5.92 Å². The van der Waals surface area contributed by atoms with Gasteiger partial charge in [0.15, 0.2) is 0 Å². The summed E-state index contributed by atoms with van der Waals surface area (Å²) in [5.74, 6) is 0.240. The highest BCUT2D eigenvalue weighted by Crippen LogP contribution is 2.28. The van der Waals surface area contributed by atoms with Crippen LogP contribution in [0.25, 0.3) is 0 Å². The van der Waals surface area contributed by atoms with E-state index < -0.39 is 0 Å². The topological polar surface area (TPSA) is 53.4 Å². The Hall–Kier alpha value is -0.840. The molecule has 1 aliphatic carbocycles. The van der Waals surface area contributed by atoms with Gasteiger partial charge in [0, 0.05) is 19.2 Å². The molecule has 0 saturated heterocycles. The molecule has 2 rings (SSSR count). The largest absolute Gasteiger partial charge is 0.393 e. The molecule has 0 unspecified atom stereocenters. The van der Waals surface area contributed by atoms with Gasteiger partial charge in [-0.2, -0.15) is 0 Å². The maximum Gasteiger partial charge on any atom is 0.253 e. The van der Waals surface area contributed by atoms with Crippen molar-refractivity contribution in [2.45, 2.75) is 18.9 Å². The van der Waals surface area contributed by atoms with Gasteiger partial charge in [-0.15, -0.1) is 0 Å². The van der Waals surface area contributed by atoms with Crippen molar-refractivity contribution < 1.29 is 9.90 Å². The summed E-state index contributed by atoms with van der Waals surface area (Å²) in [6.07, 6.45) is 1.31. The van der Waals surface area contributed by atoms with E-state index in [-0.39, 0.29) is 22.3 Å². The lowest BCUT2D eigenvalue weighted by molar-refractivity contribution is 0.0265. The Labute approximate surface area is 116 Å². The molecule has 1 N–H and O–H groups in total. The number of aliphatic hydroxyl groups excluding tert-OH is 1. The number of hydrogen-bond donors (Lipinski definition) is 1. The molecule has 6 heteroatoms. The summed E-state index contributed by atoms with van der Waals surface area (Å²) in [6, 6.07) is 3.00. The standard InChI is InChI=1S/C12H14Cl2N2O2/c1-16(6-7-2-9(17)3-7)12(18)8-4-10(13)15-11(14)5-8/h4-5,7,9,17H,2-3,6H2,1H3. The van der Waals surface area contributed by atoms with Gasteiger partial charge >= 0.3 is 0 Å². The molecule has 1 heterocycles. The fourth-order valence-electron chi connectivity index (χ4n) is 2.13. The highest BCUT2D eigenvalue weighted by Gasteiger charge is 2.29. The molecule has 0 radical (unpaired) electrons. The number of carbonyl (C=O) groups is 1. The van der Waals surface area contributed by atoms with Gasteiger partial charge in [0.2, 0.25) is 0 Å². The molecular formula is C12H14Cl2N2O2. The monoisotopic (exact) mass is 288 g/mol. The van der Waals surface area contributed by atoms with Crippen LogP contribution in [-0.4, -0.2) is 40.6 Å². The van der Waals surface area contributed by atoms with E-state index in [1.165, 1.54) is 12.1 Å². The van der Waals surface area contributed by atoms with Gasteiger partial charge in [-0.1, -0.05) is 23.2 Å². The van der Waals surface area contributed by atoms with Crippen molar-refractivity contribution >= 4 is 29.1 Å². The zero-order valence-electron chi connectivity index (χ0n) is 9.94. The van der Waals surface area contributed by atoms with Crippen molar-refractivity contribution in [3.05, 3.63) is 28.0 Å². The Bertz CT molecular complexity index is 441. The molecule has 1 aromatic rings. The zero-order chi connectivity index (χ0) is 13.3. The number of carbonyl (C=O) groups excluding carboxylic acids is 1. The van der Waals surface area contributed by atoms with Crippen LogP contribution in [0.4, 0.5) is 0 Å². The third kappa shape index (κ3) is 3.13. The third-order valence-electron chi connectivity index (χ3n) is 3.10.